The fourth-order valence-electron chi connectivity index (χ4n) is 3.93. The minimum Gasteiger partial charge on any atom is -0.489 e. The summed E-state index contributed by atoms with van der Waals surface area (Å²) in [5.41, 5.74) is -0.944. The molecular weight excluding hydrogens is 513 g/mol. The molecule has 0 aromatic heterocycles. The van der Waals surface area contributed by atoms with E-state index < -0.39 is 56.4 Å². The zero-order valence-corrected chi connectivity index (χ0v) is 20.3. The molecule has 0 spiro atoms. The molecule has 0 aliphatic carbocycles. The third kappa shape index (κ3) is 5.77. The number of hydrogen-bond donors (Lipinski definition) is 1. The number of sulfonamides is 2. The third-order valence-electron chi connectivity index (χ3n) is 5.59. The zero-order chi connectivity index (χ0) is 26.2. The van der Waals surface area contributed by atoms with Crippen LogP contribution in [0, 0.1) is 0 Å². The van der Waals surface area contributed by atoms with Crippen molar-refractivity contribution < 1.29 is 44.6 Å². The van der Waals surface area contributed by atoms with Gasteiger partial charge < -0.3 is 9.84 Å². The Morgan fingerprint density at radius 1 is 1.03 bits per heavy atom. The van der Waals surface area contributed by atoms with Crippen molar-refractivity contribution in [1.82, 2.24) is 8.61 Å². The number of benzene rings is 2. The lowest BCUT2D eigenvalue weighted by Gasteiger charge is -2.42. The number of rotatable bonds is 7. The normalized spacial score (nSPS) is 20.5. The van der Waals surface area contributed by atoms with Crippen LogP contribution in [0.3, 0.4) is 0 Å². The Morgan fingerprint density at radius 2 is 1.60 bits per heavy atom. The van der Waals surface area contributed by atoms with Gasteiger partial charge in [0.1, 0.15) is 18.4 Å². The fraction of sp³-hybridized carbons (Fsp3) is 0.381. The first kappa shape index (κ1) is 26.9. The number of piperazine rings is 1. The molecule has 1 aliphatic heterocycles. The second-order valence-electron chi connectivity index (χ2n) is 7.93. The zero-order valence-electron chi connectivity index (χ0n) is 18.6. The lowest BCUT2D eigenvalue weighted by molar-refractivity contribution is -0.144. The van der Waals surface area contributed by atoms with Crippen LogP contribution in [-0.4, -0.2) is 68.0 Å². The second kappa shape index (κ2) is 9.76. The summed E-state index contributed by atoms with van der Waals surface area (Å²) in [4.78, 5) is 11.6. The van der Waals surface area contributed by atoms with Crippen molar-refractivity contribution >= 4 is 26.0 Å². The Hall–Kier alpha value is -2.68. The number of ether oxygens (including phenoxy) is 1. The number of carbonyl (C=O) groups is 1. The van der Waals surface area contributed by atoms with Crippen molar-refractivity contribution in [3.05, 3.63) is 59.7 Å². The second-order valence-corrected chi connectivity index (χ2v) is 11.8. The van der Waals surface area contributed by atoms with Crippen LogP contribution in [0.5, 0.6) is 5.75 Å². The first-order valence-electron chi connectivity index (χ1n) is 10.2. The van der Waals surface area contributed by atoms with Crippen LogP contribution in [-0.2, 0) is 37.6 Å². The number of hydrogen-bond acceptors (Lipinski definition) is 6. The van der Waals surface area contributed by atoms with Gasteiger partial charge in [-0.1, -0.05) is 18.2 Å². The molecule has 2 aromatic rings. The number of alkyl halides is 3. The van der Waals surface area contributed by atoms with E-state index >= 15 is 0 Å². The average molecular weight is 537 g/mol. The van der Waals surface area contributed by atoms with Gasteiger partial charge in [-0.05, 0) is 37.3 Å². The molecule has 192 valence electrons. The van der Waals surface area contributed by atoms with Crippen LogP contribution in [0.4, 0.5) is 13.2 Å². The molecular formula is C21H23F3N2O7S2. The van der Waals surface area contributed by atoms with E-state index in [-0.39, 0.29) is 29.3 Å². The van der Waals surface area contributed by atoms with E-state index in [2.05, 4.69) is 0 Å². The molecule has 1 saturated heterocycles. The van der Waals surface area contributed by atoms with Gasteiger partial charge in [0.25, 0.3) is 0 Å². The number of aliphatic carboxylic acids is 1. The summed E-state index contributed by atoms with van der Waals surface area (Å²) in [5.74, 6) is -1.40. The average Bonchev–Trinajstić information content (AvgIpc) is 2.76. The van der Waals surface area contributed by atoms with Crippen molar-refractivity contribution in [2.24, 2.45) is 0 Å². The van der Waals surface area contributed by atoms with E-state index in [9.17, 15) is 39.9 Å². The van der Waals surface area contributed by atoms with E-state index in [1.54, 1.807) is 0 Å². The van der Waals surface area contributed by atoms with Gasteiger partial charge >= 0.3 is 12.1 Å². The highest BCUT2D eigenvalue weighted by molar-refractivity contribution is 7.89. The summed E-state index contributed by atoms with van der Waals surface area (Å²) in [6.07, 6.45) is -3.64. The molecule has 2 aromatic carbocycles. The lowest BCUT2D eigenvalue weighted by Crippen LogP contribution is -2.63. The Kier molecular flexibility index (Phi) is 7.50. The van der Waals surface area contributed by atoms with Crippen LogP contribution >= 0.6 is 0 Å². The molecule has 3 rings (SSSR count). The smallest absolute Gasteiger partial charge is 0.416 e. The molecule has 14 heteroatoms. The standard InChI is InChI=1S/C21H23F3N2O7S2/c1-14-19(20(27)28)26(12-11-25(14)34(2,29)30)35(31,32)17-9-7-16(8-10-17)33-13-15-5-3-4-6-18(15)21(22,23)24/h3-10,14,19H,11-13H2,1-2H3,(H,27,28). The molecule has 0 bridgehead atoms. The Balaban J connectivity index is 1.81. The highest BCUT2D eigenvalue weighted by Gasteiger charge is 2.47. The van der Waals surface area contributed by atoms with Gasteiger partial charge in [0.15, 0.2) is 0 Å². The van der Waals surface area contributed by atoms with Gasteiger partial charge in [-0.25, -0.2) is 16.8 Å². The lowest BCUT2D eigenvalue weighted by atomic mass is 10.1. The fourth-order valence-corrected chi connectivity index (χ4v) is 6.70. The molecule has 35 heavy (non-hydrogen) atoms. The van der Waals surface area contributed by atoms with Crippen LogP contribution in [0.1, 0.15) is 18.1 Å². The molecule has 0 radical (unpaired) electrons. The van der Waals surface area contributed by atoms with Gasteiger partial charge in [0.2, 0.25) is 20.0 Å². The quantitative estimate of drug-likeness (QED) is 0.577. The van der Waals surface area contributed by atoms with Crippen LogP contribution in [0.25, 0.3) is 0 Å². The maximum Gasteiger partial charge on any atom is 0.416 e. The van der Waals surface area contributed by atoms with Crippen LogP contribution in [0.15, 0.2) is 53.4 Å². The van der Waals surface area contributed by atoms with Crippen molar-refractivity contribution in [1.29, 1.82) is 0 Å². The Labute approximate surface area is 200 Å². The molecule has 1 N–H and O–H groups in total. The topological polar surface area (TPSA) is 121 Å². The highest BCUT2D eigenvalue weighted by Crippen LogP contribution is 2.33. The molecule has 1 aliphatic rings. The maximum atomic E-state index is 13.2. The van der Waals surface area contributed by atoms with E-state index in [1.165, 1.54) is 37.3 Å². The summed E-state index contributed by atoms with van der Waals surface area (Å²) >= 11 is 0. The van der Waals surface area contributed by atoms with Gasteiger partial charge in [0.05, 0.1) is 16.7 Å². The number of nitrogens with zero attached hydrogens (tertiary/aromatic N) is 2. The number of carboxylic acid groups (broad SMARTS) is 1. The van der Waals surface area contributed by atoms with Crippen molar-refractivity contribution in [3.63, 3.8) is 0 Å². The number of halogens is 3. The van der Waals surface area contributed by atoms with E-state index in [0.29, 0.717) is 0 Å². The summed E-state index contributed by atoms with van der Waals surface area (Å²) in [7, 11) is -8.10. The summed E-state index contributed by atoms with van der Waals surface area (Å²) in [6.45, 7) is 0.317. The molecule has 0 saturated carbocycles. The van der Waals surface area contributed by atoms with Crippen molar-refractivity contribution in [2.75, 3.05) is 19.3 Å². The Bertz CT molecular complexity index is 1300. The van der Waals surface area contributed by atoms with E-state index in [1.807, 2.05) is 0 Å². The largest absolute Gasteiger partial charge is 0.489 e. The van der Waals surface area contributed by atoms with Crippen molar-refractivity contribution in [2.45, 2.75) is 36.7 Å². The molecule has 2 atom stereocenters. The SMILES string of the molecule is CC1C(C(=O)O)N(S(=O)(=O)c2ccc(OCc3ccccc3C(F)(F)F)cc2)CCN1S(C)(=O)=O. The monoisotopic (exact) mass is 536 g/mol. The Morgan fingerprint density at radius 3 is 2.14 bits per heavy atom. The van der Waals surface area contributed by atoms with Crippen LogP contribution < -0.4 is 4.74 Å². The molecule has 2 unspecified atom stereocenters. The van der Waals surface area contributed by atoms with E-state index in [0.717, 1.165) is 33.1 Å². The predicted molar refractivity (Wildman–Crippen MR) is 119 cm³/mol. The molecule has 9 nitrogen and oxygen atoms in total. The first-order chi connectivity index (χ1) is 16.1. The van der Waals surface area contributed by atoms with Gasteiger partial charge in [0, 0.05) is 24.7 Å². The van der Waals surface area contributed by atoms with Crippen molar-refractivity contribution in [3.8, 4) is 5.75 Å². The predicted octanol–water partition coefficient (Wildman–Crippen LogP) is 2.39. The summed E-state index contributed by atoms with van der Waals surface area (Å²) < 4.78 is 96.7. The minimum absolute atomic E-state index is 0.0984. The molecule has 1 heterocycles. The van der Waals surface area contributed by atoms with Gasteiger partial charge in [-0.2, -0.15) is 21.8 Å². The van der Waals surface area contributed by atoms with E-state index in [4.69, 9.17) is 4.74 Å². The minimum atomic E-state index is -4.56. The van der Waals surface area contributed by atoms with Gasteiger partial charge in [-0.15, -0.1) is 0 Å². The summed E-state index contributed by atoms with van der Waals surface area (Å²) in [5, 5.41) is 9.65. The first-order valence-corrected chi connectivity index (χ1v) is 13.5. The van der Waals surface area contributed by atoms with Gasteiger partial charge in [-0.3, -0.25) is 4.79 Å². The third-order valence-corrected chi connectivity index (χ3v) is 8.85. The number of carboxylic acids is 1. The highest BCUT2D eigenvalue weighted by atomic mass is 32.2. The van der Waals surface area contributed by atoms with Crippen LogP contribution in [0.2, 0.25) is 0 Å². The summed E-state index contributed by atoms with van der Waals surface area (Å²) in [6, 6.07) is 6.87. The molecule has 1 fully saturated rings. The molecule has 0 amide bonds. The maximum absolute atomic E-state index is 13.2.